The number of piperidine rings is 1. The molecule has 5 nitrogen and oxygen atoms in total. The summed E-state index contributed by atoms with van der Waals surface area (Å²) in [4.78, 5) is 27.9. The molecule has 0 radical (unpaired) electrons. The zero-order valence-electron chi connectivity index (χ0n) is 15.1. The Hall–Kier alpha value is -1.10. The average Bonchev–Trinajstić information content (AvgIpc) is 2.77. The molecule has 0 saturated carbocycles. The first-order valence-electron chi connectivity index (χ1n) is 9.28. The number of amides is 2. The van der Waals surface area contributed by atoms with Crippen molar-refractivity contribution < 1.29 is 14.5 Å². The fourth-order valence-electron chi connectivity index (χ4n) is 3.39. The lowest BCUT2D eigenvalue weighted by molar-refractivity contribution is -0.897. The molecule has 132 valence electrons. The van der Waals surface area contributed by atoms with Gasteiger partial charge in [0.25, 0.3) is 5.91 Å². The Morgan fingerprint density at radius 2 is 1.61 bits per heavy atom. The number of hydrogen-bond acceptors (Lipinski definition) is 2. The van der Waals surface area contributed by atoms with Crippen LogP contribution in [0.2, 0.25) is 0 Å². The van der Waals surface area contributed by atoms with Gasteiger partial charge in [-0.15, -0.1) is 0 Å². The fourth-order valence-corrected chi connectivity index (χ4v) is 3.39. The van der Waals surface area contributed by atoms with E-state index >= 15 is 0 Å². The van der Waals surface area contributed by atoms with E-state index in [0.717, 1.165) is 51.9 Å². The zero-order chi connectivity index (χ0) is 16.9. The molecule has 2 heterocycles. The van der Waals surface area contributed by atoms with Crippen LogP contribution in [0.15, 0.2) is 0 Å². The van der Waals surface area contributed by atoms with Crippen LogP contribution >= 0.6 is 0 Å². The summed E-state index contributed by atoms with van der Waals surface area (Å²) in [5.41, 5.74) is -0.327. The molecule has 0 bridgehead atoms. The first-order chi connectivity index (χ1) is 10.9. The molecule has 0 aromatic heterocycles. The minimum absolute atomic E-state index is 0.131. The molecular formula is C18H34N3O2+. The standard InChI is InChI=1S/C18H33N3O2/c1-18(2,3)17(23)19-15-8-12-20(13-9-15)14-16(22)21-10-6-4-5-7-11-21/h15H,4-14H2,1-3H3,(H,19,23)/p+1. The van der Waals surface area contributed by atoms with Crippen LogP contribution in [-0.4, -0.2) is 55.5 Å². The summed E-state index contributed by atoms with van der Waals surface area (Å²) in [6, 6.07) is 0.277. The van der Waals surface area contributed by atoms with Gasteiger partial charge in [0.15, 0.2) is 6.54 Å². The first kappa shape index (κ1) is 18.2. The van der Waals surface area contributed by atoms with Crippen molar-refractivity contribution in [1.82, 2.24) is 10.2 Å². The zero-order valence-corrected chi connectivity index (χ0v) is 15.1. The van der Waals surface area contributed by atoms with Gasteiger partial charge in [0.1, 0.15) is 0 Å². The van der Waals surface area contributed by atoms with Gasteiger partial charge in [-0.1, -0.05) is 33.6 Å². The summed E-state index contributed by atoms with van der Waals surface area (Å²) in [6.07, 6.45) is 6.78. The fraction of sp³-hybridized carbons (Fsp3) is 0.889. The number of likely N-dealkylation sites (tertiary alicyclic amines) is 2. The number of carbonyl (C=O) groups excluding carboxylic acids is 2. The van der Waals surface area contributed by atoms with Crippen LogP contribution in [0, 0.1) is 5.41 Å². The summed E-state index contributed by atoms with van der Waals surface area (Å²) < 4.78 is 0. The Morgan fingerprint density at radius 1 is 1.04 bits per heavy atom. The van der Waals surface area contributed by atoms with E-state index in [9.17, 15) is 9.59 Å². The number of nitrogens with one attached hydrogen (secondary N) is 2. The van der Waals surface area contributed by atoms with Gasteiger partial charge in [-0.2, -0.15) is 0 Å². The molecule has 2 N–H and O–H groups in total. The smallest absolute Gasteiger partial charge is 0.277 e. The monoisotopic (exact) mass is 324 g/mol. The van der Waals surface area contributed by atoms with Crippen LogP contribution in [0.5, 0.6) is 0 Å². The maximum Gasteiger partial charge on any atom is 0.277 e. The molecule has 23 heavy (non-hydrogen) atoms. The number of nitrogens with zero attached hydrogens (tertiary/aromatic N) is 1. The lowest BCUT2D eigenvalue weighted by Crippen LogP contribution is -3.14. The van der Waals surface area contributed by atoms with Gasteiger partial charge in [-0.25, -0.2) is 0 Å². The van der Waals surface area contributed by atoms with Gasteiger partial charge in [-0.3, -0.25) is 9.59 Å². The molecule has 0 aliphatic carbocycles. The third-order valence-corrected chi connectivity index (χ3v) is 5.07. The summed E-state index contributed by atoms with van der Waals surface area (Å²) in [6.45, 7) is 10.3. The summed E-state index contributed by atoms with van der Waals surface area (Å²) >= 11 is 0. The molecule has 0 aromatic rings. The van der Waals surface area contributed by atoms with Gasteiger partial charge in [0.2, 0.25) is 5.91 Å². The maximum atomic E-state index is 12.4. The van der Waals surface area contributed by atoms with E-state index in [4.69, 9.17) is 0 Å². The quantitative estimate of drug-likeness (QED) is 0.799. The Bertz CT molecular complexity index is 401. The maximum absolute atomic E-state index is 12.4. The normalized spacial score (nSPS) is 26.5. The van der Waals surface area contributed by atoms with Crippen LogP contribution in [0.4, 0.5) is 0 Å². The van der Waals surface area contributed by atoms with Gasteiger partial charge < -0.3 is 15.1 Å². The Labute approximate surface area is 140 Å². The Morgan fingerprint density at radius 3 is 2.13 bits per heavy atom. The molecule has 0 atom stereocenters. The molecule has 2 fully saturated rings. The Kier molecular flexibility index (Phi) is 6.45. The highest BCUT2D eigenvalue weighted by molar-refractivity contribution is 5.81. The molecule has 2 rings (SSSR count). The third-order valence-electron chi connectivity index (χ3n) is 5.07. The van der Waals surface area contributed by atoms with Crippen LogP contribution in [-0.2, 0) is 9.59 Å². The van der Waals surface area contributed by atoms with Crippen molar-refractivity contribution >= 4 is 11.8 Å². The van der Waals surface area contributed by atoms with E-state index in [1.807, 2.05) is 20.8 Å². The highest BCUT2D eigenvalue weighted by Gasteiger charge is 2.29. The summed E-state index contributed by atoms with van der Waals surface area (Å²) in [5.74, 6) is 0.450. The molecule has 2 saturated heterocycles. The minimum atomic E-state index is -0.327. The minimum Gasteiger partial charge on any atom is -0.352 e. The summed E-state index contributed by atoms with van der Waals surface area (Å²) in [7, 11) is 0. The first-order valence-corrected chi connectivity index (χ1v) is 9.28. The molecule has 0 aromatic carbocycles. The SMILES string of the molecule is CC(C)(C)C(=O)NC1CC[NH+](CC(=O)N2CCCCCC2)CC1. The molecule has 2 amide bonds. The van der Waals surface area contributed by atoms with Crippen molar-refractivity contribution in [3.63, 3.8) is 0 Å². The second-order valence-corrected chi connectivity index (χ2v) is 8.22. The topological polar surface area (TPSA) is 53.9 Å². The predicted octanol–water partition coefficient (Wildman–Crippen LogP) is 0.599. The molecule has 5 heteroatoms. The number of carbonyl (C=O) groups is 2. The second-order valence-electron chi connectivity index (χ2n) is 8.22. The van der Waals surface area contributed by atoms with Crippen molar-refractivity contribution in [1.29, 1.82) is 0 Å². The predicted molar refractivity (Wildman–Crippen MR) is 91.2 cm³/mol. The van der Waals surface area contributed by atoms with Crippen LogP contribution in [0.1, 0.15) is 59.3 Å². The van der Waals surface area contributed by atoms with E-state index in [-0.39, 0.29) is 17.4 Å². The Balaban J connectivity index is 1.72. The number of rotatable bonds is 3. The van der Waals surface area contributed by atoms with Gasteiger partial charge in [-0.05, 0) is 12.8 Å². The van der Waals surface area contributed by atoms with Gasteiger partial charge in [0.05, 0.1) is 13.1 Å². The average molecular weight is 324 g/mol. The van der Waals surface area contributed by atoms with Gasteiger partial charge >= 0.3 is 0 Å². The van der Waals surface area contributed by atoms with E-state index in [1.54, 1.807) is 0 Å². The van der Waals surface area contributed by atoms with Crippen LogP contribution in [0.3, 0.4) is 0 Å². The van der Waals surface area contributed by atoms with E-state index < -0.39 is 0 Å². The van der Waals surface area contributed by atoms with Crippen LogP contribution < -0.4 is 10.2 Å². The van der Waals surface area contributed by atoms with Crippen LogP contribution in [0.25, 0.3) is 0 Å². The number of hydrogen-bond donors (Lipinski definition) is 2. The second kappa shape index (κ2) is 8.13. The van der Waals surface area contributed by atoms with E-state index in [0.29, 0.717) is 12.5 Å². The molecular weight excluding hydrogens is 290 g/mol. The van der Waals surface area contributed by atoms with E-state index in [2.05, 4.69) is 10.2 Å². The highest BCUT2D eigenvalue weighted by Crippen LogP contribution is 2.14. The van der Waals surface area contributed by atoms with Crippen molar-refractivity contribution in [2.24, 2.45) is 5.41 Å². The van der Waals surface area contributed by atoms with Gasteiger partial charge in [0, 0.05) is 37.4 Å². The molecule has 2 aliphatic rings. The number of quaternary nitrogens is 1. The molecule has 2 aliphatic heterocycles. The lowest BCUT2D eigenvalue weighted by atomic mass is 9.94. The third kappa shape index (κ3) is 5.79. The largest absolute Gasteiger partial charge is 0.352 e. The summed E-state index contributed by atoms with van der Waals surface area (Å²) in [5, 5.41) is 3.16. The van der Waals surface area contributed by atoms with Crippen molar-refractivity contribution in [2.75, 3.05) is 32.7 Å². The highest BCUT2D eigenvalue weighted by atomic mass is 16.2. The van der Waals surface area contributed by atoms with Crippen molar-refractivity contribution in [3.05, 3.63) is 0 Å². The molecule has 0 spiro atoms. The van der Waals surface area contributed by atoms with E-state index in [1.165, 1.54) is 17.7 Å². The molecule has 0 unspecified atom stereocenters. The van der Waals surface area contributed by atoms with Crippen molar-refractivity contribution in [3.8, 4) is 0 Å². The van der Waals surface area contributed by atoms with Crippen molar-refractivity contribution in [2.45, 2.75) is 65.3 Å². The lowest BCUT2D eigenvalue weighted by Gasteiger charge is -2.32.